The number of hydrogen-bond acceptors (Lipinski definition) is 3. The summed E-state index contributed by atoms with van der Waals surface area (Å²) >= 11 is 0. The summed E-state index contributed by atoms with van der Waals surface area (Å²) in [6.07, 6.45) is 21.5. The third-order valence-electron chi connectivity index (χ3n) is 3.95. The van der Waals surface area contributed by atoms with Crippen molar-refractivity contribution in [1.29, 1.82) is 0 Å². The van der Waals surface area contributed by atoms with Gasteiger partial charge < -0.3 is 15.3 Å². The third kappa shape index (κ3) is 51.9. The Kier molecular flexibility index (Phi) is 31.1. The summed E-state index contributed by atoms with van der Waals surface area (Å²) < 4.78 is 0. The predicted octanol–water partition coefficient (Wildman–Crippen LogP) is 6.68. The first-order valence-electron chi connectivity index (χ1n) is 11.1. The number of aliphatic carboxylic acids is 3. The van der Waals surface area contributed by atoms with Crippen molar-refractivity contribution in [3.8, 4) is 0 Å². The van der Waals surface area contributed by atoms with Crippen LogP contribution in [0.15, 0.2) is 12.2 Å². The summed E-state index contributed by atoms with van der Waals surface area (Å²) in [5, 5.41) is 23.6. The van der Waals surface area contributed by atoms with Crippen LogP contribution in [0.4, 0.5) is 0 Å². The average Bonchev–Trinajstić information content (AvgIpc) is 2.64. The molecule has 3 N–H and O–H groups in total. The van der Waals surface area contributed by atoms with Crippen LogP contribution in [0.1, 0.15) is 117 Å². The van der Waals surface area contributed by atoms with Crippen LogP contribution in [-0.2, 0) is 14.4 Å². The summed E-state index contributed by atoms with van der Waals surface area (Å²) in [4.78, 5) is 28.7. The van der Waals surface area contributed by atoms with Gasteiger partial charge in [-0.05, 0) is 32.1 Å². The van der Waals surface area contributed by atoms with E-state index in [1.807, 2.05) is 0 Å². The van der Waals surface area contributed by atoms with E-state index in [0.717, 1.165) is 19.8 Å². The molecule has 0 bridgehead atoms. The molecular weight excluding hydrogens is 372 g/mol. The van der Waals surface area contributed by atoms with Crippen molar-refractivity contribution in [3.05, 3.63) is 12.2 Å². The number of hydrogen-bond donors (Lipinski definition) is 3. The van der Waals surface area contributed by atoms with Crippen molar-refractivity contribution in [1.82, 2.24) is 0 Å². The molecule has 0 amide bonds. The Morgan fingerprint density at radius 1 is 0.621 bits per heavy atom. The molecule has 0 rings (SSSR count). The second kappa shape index (κ2) is 28.4. The van der Waals surface area contributed by atoms with Crippen LogP contribution < -0.4 is 0 Å². The van der Waals surface area contributed by atoms with Crippen LogP contribution in [0.25, 0.3) is 0 Å². The van der Waals surface area contributed by atoms with Gasteiger partial charge in [-0.15, -0.1) is 0 Å². The van der Waals surface area contributed by atoms with Gasteiger partial charge >= 0.3 is 11.9 Å². The quantitative estimate of drug-likeness (QED) is 0.191. The Labute approximate surface area is 177 Å². The smallest absolute Gasteiger partial charge is 0.303 e. The SMILES string of the molecule is CC(=O)O.CCC(=O)O.CCCCCCCCC=CCCCCCCCC(=O)O. The van der Waals surface area contributed by atoms with Gasteiger partial charge in [0.05, 0.1) is 0 Å². The highest BCUT2D eigenvalue weighted by atomic mass is 16.4. The van der Waals surface area contributed by atoms with Gasteiger partial charge in [0.15, 0.2) is 0 Å². The van der Waals surface area contributed by atoms with Gasteiger partial charge in [-0.3, -0.25) is 14.4 Å². The monoisotopic (exact) mass is 416 g/mol. The van der Waals surface area contributed by atoms with Crippen LogP contribution >= 0.6 is 0 Å². The second-order valence-electron chi connectivity index (χ2n) is 6.99. The Morgan fingerprint density at radius 3 is 1.31 bits per heavy atom. The first kappa shape index (κ1) is 31.8. The molecule has 172 valence electrons. The van der Waals surface area contributed by atoms with Gasteiger partial charge in [-0.1, -0.05) is 77.4 Å². The molecular formula is C23H44O6. The first-order chi connectivity index (χ1) is 13.8. The number of carboxylic acid groups (broad SMARTS) is 3. The van der Waals surface area contributed by atoms with E-state index in [2.05, 4.69) is 19.1 Å². The van der Waals surface area contributed by atoms with Crippen LogP contribution in [0.2, 0.25) is 0 Å². The Balaban J connectivity index is -0.000000623. The standard InChI is InChI=1S/C18H34O2.C3H6O2.C2H4O2/c1-2-3-4-5-6-7-8-9-10-11-12-13-14-15-16-17-18(19)20;1-2-3(4)5;1-2(3)4/h9-10H,2-8,11-17H2,1H3,(H,19,20);2H2,1H3,(H,4,5);1H3,(H,3,4). The van der Waals surface area contributed by atoms with Crippen molar-refractivity contribution < 1.29 is 29.7 Å². The molecule has 0 unspecified atom stereocenters. The molecule has 0 aliphatic carbocycles. The zero-order valence-electron chi connectivity index (χ0n) is 18.8. The minimum Gasteiger partial charge on any atom is -0.481 e. The molecule has 0 radical (unpaired) electrons. The molecule has 6 nitrogen and oxygen atoms in total. The van der Waals surface area contributed by atoms with Gasteiger partial charge in [0.25, 0.3) is 5.97 Å². The molecule has 0 aromatic rings. The molecule has 0 aliphatic rings. The van der Waals surface area contributed by atoms with E-state index in [9.17, 15) is 9.59 Å². The van der Waals surface area contributed by atoms with E-state index in [0.29, 0.717) is 6.42 Å². The summed E-state index contributed by atoms with van der Waals surface area (Å²) in [6.45, 7) is 4.94. The molecule has 0 aliphatic heterocycles. The molecule has 6 heteroatoms. The van der Waals surface area contributed by atoms with Crippen molar-refractivity contribution >= 4 is 17.9 Å². The Hall–Kier alpha value is -1.85. The number of allylic oxidation sites excluding steroid dienone is 2. The minimum absolute atomic E-state index is 0.222. The van der Waals surface area contributed by atoms with Crippen LogP contribution in [0.5, 0.6) is 0 Å². The Morgan fingerprint density at radius 2 is 0.966 bits per heavy atom. The summed E-state index contributed by atoms with van der Waals surface area (Å²) in [5.41, 5.74) is 0. The maximum atomic E-state index is 10.3. The lowest BCUT2D eigenvalue weighted by Crippen LogP contribution is -1.93. The number of carbonyl (C=O) groups is 3. The van der Waals surface area contributed by atoms with Crippen molar-refractivity contribution in [3.63, 3.8) is 0 Å². The number of unbranched alkanes of at least 4 members (excludes halogenated alkanes) is 11. The normalized spacial score (nSPS) is 9.90. The summed E-state index contributed by atoms with van der Waals surface area (Å²) in [5.74, 6) is -2.24. The maximum Gasteiger partial charge on any atom is 0.303 e. The van der Waals surface area contributed by atoms with Crippen LogP contribution in [0.3, 0.4) is 0 Å². The topological polar surface area (TPSA) is 112 Å². The van der Waals surface area contributed by atoms with E-state index >= 15 is 0 Å². The van der Waals surface area contributed by atoms with Crippen molar-refractivity contribution in [2.75, 3.05) is 0 Å². The second-order valence-corrected chi connectivity index (χ2v) is 6.99. The lowest BCUT2D eigenvalue weighted by atomic mass is 10.1. The maximum absolute atomic E-state index is 10.3. The molecule has 0 saturated carbocycles. The zero-order chi connectivity index (χ0) is 22.8. The minimum atomic E-state index is -0.833. The first-order valence-corrected chi connectivity index (χ1v) is 11.1. The van der Waals surface area contributed by atoms with Gasteiger partial charge in [-0.25, -0.2) is 0 Å². The third-order valence-corrected chi connectivity index (χ3v) is 3.95. The molecule has 0 saturated heterocycles. The highest BCUT2D eigenvalue weighted by molar-refractivity contribution is 5.66. The van der Waals surface area contributed by atoms with E-state index < -0.39 is 17.9 Å². The number of carboxylic acids is 3. The molecule has 29 heavy (non-hydrogen) atoms. The molecule has 0 heterocycles. The molecule has 0 atom stereocenters. The van der Waals surface area contributed by atoms with Gasteiger partial charge in [0.2, 0.25) is 0 Å². The van der Waals surface area contributed by atoms with Gasteiger partial charge in [0.1, 0.15) is 0 Å². The lowest BCUT2D eigenvalue weighted by Gasteiger charge is -1.99. The summed E-state index contributed by atoms with van der Waals surface area (Å²) in [6, 6.07) is 0. The molecule has 0 aromatic heterocycles. The van der Waals surface area contributed by atoms with E-state index in [1.165, 1.54) is 70.6 Å². The largest absolute Gasteiger partial charge is 0.481 e. The lowest BCUT2D eigenvalue weighted by molar-refractivity contribution is -0.137. The average molecular weight is 417 g/mol. The Bertz CT molecular complexity index is 400. The number of rotatable bonds is 16. The van der Waals surface area contributed by atoms with E-state index in [1.54, 1.807) is 6.92 Å². The van der Waals surface area contributed by atoms with Crippen LogP contribution in [0, 0.1) is 0 Å². The predicted molar refractivity (Wildman–Crippen MR) is 118 cm³/mol. The van der Waals surface area contributed by atoms with E-state index in [-0.39, 0.29) is 6.42 Å². The molecule has 0 fully saturated rings. The van der Waals surface area contributed by atoms with Crippen LogP contribution in [-0.4, -0.2) is 33.2 Å². The van der Waals surface area contributed by atoms with Crippen molar-refractivity contribution in [2.24, 2.45) is 0 Å². The van der Waals surface area contributed by atoms with Gasteiger partial charge in [-0.2, -0.15) is 0 Å². The molecule has 0 aromatic carbocycles. The van der Waals surface area contributed by atoms with Gasteiger partial charge in [0, 0.05) is 19.8 Å². The fourth-order valence-corrected chi connectivity index (χ4v) is 2.35. The highest BCUT2D eigenvalue weighted by Gasteiger charge is 1.95. The zero-order valence-corrected chi connectivity index (χ0v) is 18.8. The fourth-order valence-electron chi connectivity index (χ4n) is 2.35. The van der Waals surface area contributed by atoms with E-state index in [4.69, 9.17) is 20.1 Å². The fraction of sp³-hybridized carbons (Fsp3) is 0.783. The molecule has 0 spiro atoms. The highest BCUT2D eigenvalue weighted by Crippen LogP contribution is 2.09. The van der Waals surface area contributed by atoms with Crippen molar-refractivity contribution in [2.45, 2.75) is 117 Å². The summed E-state index contributed by atoms with van der Waals surface area (Å²) in [7, 11) is 0.